The molecule has 2 fully saturated rings. The summed E-state index contributed by atoms with van der Waals surface area (Å²) in [6.07, 6.45) is 4.76. The number of nitrogens with two attached hydrogens (primary N) is 1. The van der Waals surface area contributed by atoms with Crippen molar-refractivity contribution in [2.24, 2.45) is 11.7 Å². The van der Waals surface area contributed by atoms with Gasteiger partial charge in [0.1, 0.15) is 5.82 Å². The normalized spacial score (nSPS) is 18.0. The first-order valence-electron chi connectivity index (χ1n) is 14.6. The lowest BCUT2D eigenvalue weighted by molar-refractivity contribution is -0.136. The quantitative estimate of drug-likeness (QED) is 0.318. The van der Waals surface area contributed by atoms with Crippen molar-refractivity contribution >= 4 is 29.3 Å². The Morgan fingerprint density at radius 1 is 0.976 bits per heavy atom. The zero-order valence-electron chi connectivity index (χ0n) is 23.8. The number of likely N-dealkylation sites (tertiary alicyclic amines) is 1. The number of benzene rings is 3. The van der Waals surface area contributed by atoms with E-state index in [1.807, 2.05) is 29.4 Å². The third-order valence-corrected chi connectivity index (χ3v) is 9.69. The van der Waals surface area contributed by atoms with Gasteiger partial charge in [-0.3, -0.25) is 9.69 Å². The SMILES string of the molecule is CSc1cccc(F)c1CN1CCN(C(=O)[C@H](N)C2CCN(CCc3cc(Cl)ccc3-c3ccccc3)CC2)CC1. The maximum Gasteiger partial charge on any atom is 0.239 e. The number of hydrogen-bond donors (Lipinski definition) is 1. The van der Waals surface area contributed by atoms with Crippen molar-refractivity contribution in [3.63, 3.8) is 0 Å². The average Bonchev–Trinajstić information content (AvgIpc) is 3.01. The van der Waals surface area contributed by atoms with Gasteiger partial charge in [0.05, 0.1) is 6.04 Å². The Bertz CT molecular complexity index is 1310. The van der Waals surface area contributed by atoms with Crippen LogP contribution in [0.1, 0.15) is 24.0 Å². The lowest BCUT2D eigenvalue weighted by atomic mass is 9.88. The maximum atomic E-state index is 14.4. The van der Waals surface area contributed by atoms with Gasteiger partial charge >= 0.3 is 0 Å². The molecule has 3 aromatic rings. The highest BCUT2D eigenvalue weighted by Gasteiger charge is 2.33. The van der Waals surface area contributed by atoms with Crippen LogP contribution in [0.5, 0.6) is 0 Å². The van der Waals surface area contributed by atoms with Gasteiger partial charge < -0.3 is 15.5 Å². The Morgan fingerprint density at radius 3 is 2.41 bits per heavy atom. The van der Waals surface area contributed by atoms with E-state index in [1.54, 1.807) is 17.8 Å². The highest BCUT2D eigenvalue weighted by molar-refractivity contribution is 7.98. The van der Waals surface area contributed by atoms with Crippen molar-refractivity contribution in [1.82, 2.24) is 14.7 Å². The first-order chi connectivity index (χ1) is 19.9. The lowest BCUT2D eigenvalue weighted by Crippen LogP contribution is -2.55. The molecule has 2 aliphatic rings. The van der Waals surface area contributed by atoms with Gasteiger partial charge in [-0.05, 0) is 85.5 Å². The number of carbonyl (C=O) groups excluding carboxylic acids is 1. The standard InChI is InChI=1S/C33H40ClFN4OS/c1-41-31-9-5-8-30(35)29(31)23-38-18-20-39(21-19-38)33(40)32(36)25-12-15-37(16-13-25)17-14-26-22-27(34)10-11-28(26)24-6-3-2-4-7-24/h2-11,22,25,32H,12-21,23,36H2,1H3/t32-/m1/s1. The first-order valence-corrected chi connectivity index (χ1v) is 16.2. The summed E-state index contributed by atoms with van der Waals surface area (Å²) in [6.45, 7) is 6.15. The van der Waals surface area contributed by atoms with Gasteiger partial charge in [-0.15, -0.1) is 11.8 Å². The van der Waals surface area contributed by atoms with E-state index >= 15 is 0 Å². The minimum Gasteiger partial charge on any atom is -0.339 e. The summed E-state index contributed by atoms with van der Waals surface area (Å²) in [6, 6.07) is 21.4. The van der Waals surface area contributed by atoms with Gasteiger partial charge in [-0.1, -0.05) is 54.1 Å². The van der Waals surface area contributed by atoms with E-state index in [4.69, 9.17) is 17.3 Å². The molecular weight excluding hydrogens is 555 g/mol. The number of rotatable bonds is 9. The van der Waals surface area contributed by atoms with Crippen LogP contribution in [0.4, 0.5) is 4.39 Å². The zero-order chi connectivity index (χ0) is 28.8. The number of piperazine rings is 1. The third-order valence-electron chi connectivity index (χ3n) is 8.64. The van der Waals surface area contributed by atoms with E-state index < -0.39 is 6.04 Å². The number of amides is 1. The summed E-state index contributed by atoms with van der Waals surface area (Å²) >= 11 is 7.92. The van der Waals surface area contributed by atoms with Crippen molar-refractivity contribution in [3.05, 3.63) is 88.7 Å². The van der Waals surface area contributed by atoms with Crippen LogP contribution in [-0.4, -0.2) is 78.7 Å². The van der Waals surface area contributed by atoms with Crippen molar-refractivity contribution in [2.45, 2.75) is 36.7 Å². The highest BCUT2D eigenvalue weighted by atomic mass is 35.5. The van der Waals surface area contributed by atoms with E-state index in [-0.39, 0.29) is 17.6 Å². The number of hydrogen-bond acceptors (Lipinski definition) is 5. The number of thioether (sulfide) groups is 1. The van der Waals surface area contributed by atoms with Crippen molar-refractivity contribution in [1.29, 1.82) is 0 Å². The summed E-state index contributed by atoms with van der Waals surface area (Å²) < 4.78 is 14.4. The lowest BCUT2D eigenvalue weighted by Gasteiger charge is -2.39. The highest BCUT2D eigenvalue weighted by Crippen LogP contribution is 2.29. The van der Waals surface area contributed by atoms with E-state index in [1.165, 1.54) is 22.8 Å². The van der Waals surface area contributed by atoms with Gasteiger partial charge in [0.25, 0.3) is 0 Å². The molecule has 2 heterocycles. The third kappa shape index (κ3) is 7.51. The molecule has 0 saturated carbocycles. The van der Waals surface area contributed by atoms with Gasteiger partial charge in [0, 0.05) is 54.8 Å². The summed E-state index contributed by atoms with van der Waals surface area (Å²) in [7, 11) is 0. The minimum atomic E-state index is -0.462. The zero-order valence-corrected chi connectivity index (χ0v) is 25.3. The van der Waals surface area contributed by atoms with E-state index in [0.717, 1.165) is 67.5 Å². The van der Waals surface area contributed by atoms with Crippen molar-refractivity contribution < 1.29 is 9.18 Å². The van der Waals surface area contributed by atoms with Crippen LogP contribution in [0, 0.1) is 11.7 Å². The van der Waals surface area contributed by atoms with Gasteiger partial charge in [-0.25, -0.2) is 4.39 Å². The Labute approximate surface area is 252 Å². The second-order valence-electron chi connectivity index (χ2n) is 11.1. The minimum absolute atomic E-state index is 0.0604. The molecule has 0 aliphatic carbocycles. The van der Waals surface area contributed by atoms with Crippen molar-refractivity contribution in [2.75, 3.05) is 52.1 Å². The molecule has 1 amide bonds. The number of nitrogens with zero attached hydrogens (tertiary/aromatic N) is 3. The number of halogens is 2. The molecule has 2 N–H and O–H groups in total. The molecule has 0 unspecified atom stereocenters. The molecule has 41 heavy (non-hydrogen) atoms. The Kier molecular flexibility index (Phi) is 10.4. The fourth-order valence-electron chi connectivity index (χ4n) is 6.13. The molecular formula is C33H40ClFN4OS. The largest absolute Gasteiger partial charge is 0.339 e. The molecule has 0 bridgehead atoms. The van der Waals surface area contributed by atoms with Crippen LogP contribution in [-0.2, 0) is 17.8 Å². The second-order valence-corrected chi connectivity index (χ2v) is 12.4. The Hall–Kier alpha value is -2.42. The molecule has 8 heteroatoms. The van der Waals surface area contributed by atoms with E-state index in [9.17, 15) is 9.18 Å². The average molecular weight is 595 g/mol. The van der Waals surface area contributed by atoms with E-state index in [2.05, 4.69) is 46.2 Å². The number of carbonyl (C=O) groups is 1. The molecule has 2 saturated heterocycles. The fourth-order valence-corrected chi connectivity index (χ4v) is 6.95. The Morgan fingerprint density at radius 2 is 1.71 bits per heavy atom. The summed E-state index contributed by atoms with van der Waals surface area (Å²) in [5.41, 5.74) is 11.0. The molecule has 5 nitrogen and oxygen atoms in total. The van der Waals surface area contributed by atoms with Gasteiger partial charge in [0.2, 0.25) is 5.91 Å². The number of piperidine rings is 1. The topological polar surface area (TPSA) is 52.8 Å². The Balaban J connectivity index is 1.08. The molecule has 0 spiro atoms. The molecule has 0 radical (unpaired) electrons. The van der Waals surface area contributed by atoms with E-state index in [0.29, 0.717) is 19.6 Å². The molecule has 3 aromatic carbocycles. The predicted molar refractivity (Wildman–Crippen MR) is 168 cm³/mol. The molecule has 2 aliphatic heterocycles. The van der Waals surface area contributed by atoms with Gasteiger partial charge in [-0.2, -0.15) is 0 Å². The molecule has 0 aromatic heterocycles. The van der Waals surface area contributed by atoms with Crippen LogP contribution in [0.3, 0.4) is 0 Å². The van der Waals surface area contributed by atoms with Crippen molar-refractivity contribution in [3.8, 4) is 11.1 Å². The molecule has 218 valence electrons. The summed E-state index contributed by atoms with van der Waals surface area (Å²) in [5.74, 6) is 0.100. The molecule has 5 rings (SSSR count). The smallest absolute Gasteiger partial charge is 0.239 e. The monoisotopic (exact) mass is 594 g/mol. The summed E-state index contributed by atoms with van der Waals surface area (Å²) in [4.78, 5) is 20.9. The predicted octanol–water partition coefficient (Wildman–Crippen LogP) is 5.79. The van der Waals surface area contributed by atoms with Crippen LogP contribution < -0.4 is 5.73 Å². The summed E-state index contributed by atoms with van der Waals surface area (Å²) in [5, 5.41) is 0.764. The first kappa shape index (κ1) is 30.1. The van der Waals surface area contributed by atoms with Crippen LogP contribution in [0.25, 0.3) is 11.1 Å². The van der Waals surface area contributed by atoms with Crippen LogP contribution in [0.2, 0.25) is 5.02 Å². The van der Waals surface area contributed by atoms with Crippen LogP contribution >= 0.6 is 23.4 Å². The maximum absolute atomic E-state index is 14.4. The fraction of sp³-hybridized carbons (Fsp3) is 0.424. The van der Waals surface area contributed by atoms with Crippen LogP contribution in [0.15, 0.2) is 71.6 Å². The molecule has 1 atom stereocenters. The van der Waals surface area contributed by atoms with Gasteiger partial charge in [0.15, 0.2) is 0 Å². The second kappa shape index (κ2) is 14.2.